The molecule has 0 amide bonds. The van der Waals surface area contributed by atoms with Crippen LogP contribution in [0, 0.1) is 0 Å². The van der Waals surface area contributed by atoms with Gasteiger partial charge in [-0.25, -0.2) is 0 Å². The van der Waals surface area contributed by atoms with E-state index >= 15 is 0 Å². The molecular weight excluding hydrogens is 314 g/mol. The Balaban J connectivity index is 1.99. The molecule has 1 heterocycles. The van der Waals surface area contributed by atoms with Crippen LogP contribution in [-0.4, -0.2) is 42.6 Å². The van der Waals surface area contributed by atoms with Crippen molar-refractivity contribution in [1.82, 2.24) is 4.90 Å². The third-order valence-corrected chi connectivity index (χ3v) is 4.75. The first-order valence-electron chi connectivity index (χ1n) is 10.3. The standard InChI is InChI=1S/C20H39N3O2/c1-3-4-5-6-7-8-9-10-11-12-13-14-20-22-15-16-23(20)17-19(21)25-18(2)24/h19H,3-17,21H2,1-2H3. The fourth-order valence-corrected chi connectivity index (χ4v) is 3.38. The van der Waals surface area contributed by atoms with E-state index in [0.717, 1.165) is 25.3 Å². The summed E-state index contributed by atoms with van der Waals surface area (Å²) in [5.41, 5.74) is 5.84. The van der Waals surface area contributed by atoms with Gasteiger partial charge in [0.2, 0.25) is 0 Å². The van der Waals surface area contributed by atoms with E-state index in [1.165, 1.54) is 77.6 Å². The highest BCUT2D eigenvalue weighted by molar-refractivity contribution is 5.83. The molecule has 1 rings (SSSR count). The number of amidine groups is 1. The minimum absolute atomic E-state index is 0.324. The molecule has 0 fully saturated rings. The van der Waals surface area contributed by atoms with Crippen molar-refractivity contribution in [2.75, 3.05) is 19.6 Å². The number of nitrogens with two attached hydrogens (primary N) is 1. The average Bonchev–Trinajstić information content (AvgIpc) is 2.98. The van der Waals surface area contributed by atoms with Crippen LogP contribution in [0.5, 0.6) is 0 Å². The second-order valence-corrected chi connectivity index (χ2v) is 7.18. The van der Waals surface area contributed by atoms with Gasteiger partial charge in [-0.05, 0) is 6.42 Å². The van der Waals surface area contributed by atoms with Gasteiger partial charge in [0, 0.05) is 19.9 Å². The molecule has 1 aliphatic rings. The molecule has 5 nitrogen and oxygen atoms in total. The molecule has 25 heavy (non-hydrogen) atoms. The summed E-state index contributed by atoms with van der Waals surface area (Å²) in [6.45, 7) is 5.94. The molecule has 0 spiro atoms. The first-order valence-corrected chi connectivity index (χ1v) is 10.3. The van der Waals surface area contributed by atoms with Gasteiger partial charge in [-0.3, -0.25) is 15.5 Å². The molecular formula is C20H39N3O2. The third-order valence-electron chi connectivity index (χ3n) is 4.75. The molecule has 0 aromatic carbocycles. The first-order chi connectivity index (χ1) is 12.1. The molecule has 0 aliphatic carbocycles. The van der Waals surface area contributed by atoms with Crippen LogP contribution >= 0.6 is 0 Å². The van der Waals surface area contributed by atoms with E-state index in [1.54, 1.807) is 0 Å². The van der Waals surface area contributed by atoms with Crippen molar-refractivity contribution in [3.63, 3.8) is 0 Å². The van der Waals surface area contributed by atoms with Crippen molar-refractivity contribution in [3.8, 4) is 0 Å². The molecule has 1 aliphatic heterocycles. The molecule has 0 aromatic heterocycles. The Morgan fingerprint density at radius 3 is 2.20 bits per heavy atom. The van der Waals surface area contributed by atoms with Gasteiger partial charge in [0.05, 0.1) is 18.9 Å². The van der Waals surface area contributed by atoms with Crippen molar-refractivity contribution in [2.45, 2.75) is 97.1 Å². The maximum Gasteiger partial charge on any atom is 0.304 e. The second-order valence-electron chi connectivity index (χ2n) is 7.18. The number of carbonyl (C=O) groups excluding carboxylic acids is 1. The van der Waals surface area contributed by atoms with Crippen molar-refractivity contribution in [3.05, 3.63) is 0 Å². The van der Waals surface area contributed by atoms with E-state index in [0.29, 0.717) is 6.54 Å². The van der Waals surface area contributed by atoms with Crippen LogP contribution in [0.15, 0.2) is 4.99 Å². The summed E-state index contributed by atoms with van der Waals surface area (Å²) in [6.07, 6.45) is 15.4. The van der Waals surface area contributed by atoms with Gasteiger partial charge in [-0.15, -0.1) is 0 Å². The van der Waals surface area contributed by atoms with Gasteiger partial charge in [0.1, 0.15) is 0 Å². The monoisotopic (exact) mass is 353 g/mol. The number of hydrogen-bond donors (Lipinski definition) is 1. The molecule has 0 saturated heterocycles. The third kappa shape index (κ3) is 11.2. The van der Waals surface area contributed by atoms with Gasteiger partial charge in [-0.1, -0.05) is 71.1 Å². The summed E-state index contributed by atoms with van der Waals surface area (Å²) in [5.74, 6) is 0.814. The molecule has 146 valence electrons. The van der Waals surface area contributed by atoms with E-state index in [1.807, 2.05) is 0 Å². The smallest absolute Gasteiger partial charge is 0.304 e. The summed E-state index contributed by atoms with van der Waals surface area (Å²) >= 11 is 0. The second kappa shape index (κ2) is 14.1. The number of carbonyl (C=O) groups is 1. The van der Waals surface area contributed by atoms with Crippen LogP contribution in [0.4, 0.5) is 0 Å². The lowest BCUT2D eigenvalue weighted by Crippen LogP contribution is -2.41. The number of hydrogen-bond acceptors (Lipinski definition) is 5. The highest BCUT2D eigenvalue weighted by Crippen LogP contribution is 2.14. The van der Waals surface area contributed by atoms with Gasteiger partial charge in [0.25, 0.3) is 0 Å². The highest BCUT2D eigenvalue weighted by atomic mass is 16.6. The van der Waals surface area contributed by atoms with Crippen LogP contribution in [0.1, 0.15) is 90.9 Å². The normalized spacial score (nSPS) is 15.3. The fourth-order valence-electron chi connectivity index (χ4n) is 3.38. The summed E-state index contributed by atoms with van der Waals surface area (Å²) in [4.78, 5) is 17.7. The summed E-state index contributed by atoms with van der Waals surface area (Å²) in [6, 6.07) is 0. The molecule has 0 radical (unpaired) electrons. The summed E-state index contributed by atoms with van der Waals surface area (Å²) in [5, 5.41) is 0. The van der Waals surface area contributed by atoms with Crippen LogP contribution in [0.3, 0.4) is 0 Å². The van der Waals surface area contributed by atoms with Crippen molar-refractivity contribution in [1.29, 1.82) is 0 Å². The molecule has 2 N–H and O–H groups in total. The number of nitrogens with zero attached hydrogens (tertiary/aromatic N) is 2. The number of rotatable bonds is 15. The zero-order valence-electron chi connectivity index (χ0n) is 16.5. The van der Waals surface area contributed by atoms with Gasteiger partial charge < -0.3 is 9.64 Å². The Kier molecular flexibility index (Phi) is 12.4. The maximum atomic E-state index is 10.9. The van der Waals surface area contributed by atoms with Crippen molar-refractivity contribution >= 4 is 11.8 Å². The van der Waals surface area contributed by atoms with Gasteiger partial charge in [0.15, 0.2) is 6.23 Å². The molecule has 1 unspecified atom stereocenters. The van der Waals surface area contributed by atoms with E-state index < -0.39 is 6.23 Å². The average molecular weight is 354 g/mol. The zero-order chi connectivity index (χ0) is 18.3. The van der Waals surface area contributed by atoms with E-state index in [4.69, 9.17) is 10.5 Å². The minimum Gasteiger partial charge on any atom is -0.445 e. The van der Waals surface area contributed by atoms with Crippen LogP contribution < -0.4 is 5.73 Å². The first kappa shape index (κ1) is 21.9. The van der Waals surface area contributed by atoms with Crippen molar-refractivity contribution < 1.29 is 9.53 Å². The Morgan fingerprint density at radius 2 is 1.64 bits per heavy atom. The van der Waals surface area contributed by atoms with Crippen molar-refractivity contribution in [2.24, 2.45) is 10.7 Å². The predicted molar refractivity (Wildman–Crippen MR) is 105 cm³/mol. The van der Waals surface area contributed by atoms with Gasteiger partial charge >= 0.3 is 5.97 Å². The Bertz CT molecular complexity index is 385. The van der Waals surface area contributed by atoms with E-state index in [9.17, 15) is 4.79 Å². The van der Waals surface area contributed by atoms with Gasteiger partial charge in [-0.2, -0.15) is 0 Å². The predicted octanol–water partition coefficient (Wildman–Crippen LogP) is 4.25. The number of ether oxygens (including phenoxy) is 1. The Labute approximate surface area is 154 Å². The number of esters is 1. The molecule has 0 aromatic rings. The molecule has 0 saturated carbocycles. The lowest BCUT2D eigenvalue weighted by atomic mass is 10.1. The van der Waals surface area contributed by atoms with Crippen LogP contribution in [-0.2, 0) is 9.53 Å². The quantitative estimate of drug-likeness (QED) is 0.271. The summed E-state index contributed by atoms with van der Waals surface area (Å²) in [7, 11) is 0. The summed E-state index contributed by atoms with van der Waals surface area (Å²) < 4.78 is 5.01. The largest absolute Gasteiger partial charge is 0.445 e. The SMILES string of the molecule is CCCCCCCCCCCCCC1=NCCN1CC(N)OC(C)=O. The Morgan fingerprint density at radius 1 is 1.08 bits per heavy atom. The molecule has 0 bridgehead atoms. The van der Waals surface area contributed by atoms with E-state index in [-0.39, 0.29) is 5.97 Å². The topological polar surface area (TPSA) is 67.9 Å². The fraction of sp³-hybridized carbons (Fsp3) is 0.900. The zero-order valence-corrected chi connectivity index (χ0v) is 16.5. The number of unbranched alkanes of at least 4 members (excludes halogenated alkanes) is 10. The Hall–Kier alpha value is -1.10. The highest BCUT2D eigenvalue weighted by Gasteiger charge is 2.19. The lowest BCUT2D eigenvalue weighted by Gasteiger charge is -2.23. The molecule has 5 heteroatoms. The maximum absolute atomic E-state index is 10.9. The molecule has 1 atom stereocenters. The minimum atomic E-state index is -0.557. The number of aliphatic imine (C=N–C) groups is 1. The van der Waals surface area contributed by atoms with Crippen LogP contribution in [0.25, 0.3) is 0 Å². The van der Waals surface area contributed by atoms with Crippen LogP contribution in [0.2, 0.25) is 0 Å². The van der Waals surface area contributed by atoms with E-state index in [2.05, 4.69) is 16.8 Å². The lowest BCUT2D eigenvalue weighted by molar-refractivity contribution is -0.146.